The Bertz CT molecular complexity index is 895. The van der Waals surface area contributed by atoms with Crippen LogP contribution in [0.3, 0.4) is 0 Å². The molecular formula is C25H29FO3. The van der Waals surface area contributed by atoms with E-state index < -0.39 is 12.2 Å². The van der Waals surface area contributed by atoms with Gasteiger partial charge in [0.05, 0.1) is 12.2 Å². The molecule has 2 fully saturated rings. The van der Waals surface area contributed by atoms with Crippen LogP contribution in [0.15, 0.2) is 42.5 Å². The zero-order valence-corrected chi connectivity index (χ0v) is 16.9. The molecule has 2 aromatic carbocycles. The number of hydrogen-bond acceptors (Lipinski definition) is 3. The molecule has 0 spiro atoms. The molecule has 0 amide bonds. The number of ether oxygens (including phenoxy) is 1. The third-order valence-corrected chi connectivity index (χ3v) is 7.99. The molecular weight excluding hydrogens is 367 g/mol. The Hall–Kier alpha value is -1.91. The summed E-state index contributed by atoms with van der Waals surface area (Å²) in [5.74, 6) is 2.08. The van der Waals surface area contributed by atoms with Gasteiger partial charge in [-0.05, 0) is 96.2 Å². The minimum absolute atomic E-state index is 0.143. The highest BCUT2D eigenvalue weighted by Gasteiger charge is 2.57. The smallest absolute Gasteiger partial charge is 0.123 e. The van der Waals surface area contributed by atoms with Crippen molar-refractivity contribution in [3.63, 3.8) is 0 Å². The second-order valence-electron chi connectivity index (χ2n) is 9.48. The molecule has 0 unspecified atom stereocenters. The average molecular weight is 397 g/mol. The van der Waals surface area contributed by atoms with Gasteiger partial charge in [-0.25, -0.2) is 4.39 Å². The van der Waals surface area contributed by atoms with Crippen molar-refractivity contribution in [2.24, 2.45) is 17.3 Å². The fraction of sp³-hybridized carbons (Fsp3) is 0.520. The van der Waals surface area contributed by atoms with Gasteiger partial charge < -0.3 is 14.9 Å². The third-order valence-electron chi connectivity index (χ3n) is 7.99. The molecule has 3 aliphatic rings. The predicted octanol–water partition coefficient (Wildman–Crippen LogP) is 4.59. The number of halogens is 1. The standard InChI is InChI=1S/C25H29FO3/c1-25-11-10-20-19-9-7-18(29-14-15-2-5-17(26)6-3-15)12-16(19)4-8-21(20)22(25)13-23(27)24(25)28/h2-3,5-7,9,12,20-24,27-28H,4,8,10-11,13-14H2,1H3/t20-,21-,22-,23+,24-,25-/m0/s1. The molecule has 0 radical (unpaired) electrons. The SMILES string of the molecule is C[C@]12CC[C@H]3c4ccc(OCc5ccc(F)cc5)cc4CC[C@@H]3[C@@H]1C[C@@H](O)[C@@H]2O. The van der Waals surface area contributed by atoms with E-state index in [9.17, 15) is 14.6 Å². The molecule has 3 nitrogen and oxygen atoms in total. The summed E-state index contributed by atoms with van der Waals surface area (Å²) in [6.45, 7) is 2.61. The van der Waals surface area contributed by atoms with E-state index in [0.717, 1.165) is 43.4 Å². The lowest BCUT2D eigenvalue weighted by Crippen LogP contribution is -2.44. The van der Waals surface area contributed by atoms with Crippen LogP contribution >= 0.6 is 0 Å². The third kappa shape index (κ3) is 3.17. The Morgan fingerprint density at radius 1 is 1.10 bits per heavy atom. The first kappa shape index (κ1) is 19.1. The van der Waals surface area contributed by atoms with Crippen LogP contribution in [-0.2, 0) is 13.0 Å². The second-order valence-corrected chi connectivity index (χ2v) is 9.48. The summed E-state index contributed by atoms with van der Waals surface area (Å²) < 4.78 is 19.0. The van der Waals surface area contributed by atoms with Gasteiger partial charge in [-0.15, -0.1) is 0 Å². The molecule has 0 aliphatic heterocycles. The lowest BCUT2D eigenvalue weighted by atomic mass is 9.55. The fourth-order valence-electron chi connectivity index (χ4n) is 6.38. The van der Waals surface area contributed by atoms with E-state index in [0.29, 0.717) is 24.4 Å². The van der Waals surface area contributed by atoms with E-state index in [2.05, 4.69) is 25.1 Å². The lowest BCUT2D eigenvalue weighted by Gasteiger charge is -2.49. The van der Waals surface area contributed by atoms with Gasteiger partial charge >= 0.3 is 0 Å². The second kappa shape index (κ2) is 7.10. The molecule has 4 heteroatoms. The van der Waals surface area contributed by atoms with Crippen LogP contribution in [0.2, 0.25) is 0 Å². The first-order chi connectivity index (χ1) is 14.0. The van der Waals surface area contributed by atoms with Gasteiger partial charge in [0.15, 0.2) is 0 Å². The molecule has 0 heterocycles. The number of aliphatic hydroxyl groups excluding tert-OH is 2. The zero-order valence-electron chi connectivity index (χ0n) is 16.9. The van der Waals surface area contributed by atoms with Gasteiger partial charge in [-0.2, -0.15) is 0 Å². The summed E-state index contributed by atoms with van der Waals surface area (Å²) >= 11 is 0. The summed E-state index contributed by atoms with van der Waals surface area (Å²) in [5, 5.41) is 20.9. The zero-order chi connectivity index (χ0) is 20.2. The minimum Gasteiger partial charge on any atom is -0.489 e. The quantitative estimate of drug-likeness (QED) is 0.798. The summed E-state index contributed by atoms with van der Waals surface area (Å²) in [4.78, 5) is 0. The topological polar surface area (TPSA) is 49.7 Å². The maximum Gasteiger partial charge on any atom is 0.123 e. The van der Waals surface area contributed by atoms with Crippen LogP contribution in [0.5, 0.6) is 5.75 Å². The maximum atomic E-state index is 13.1. The highest BCUT2D eigenvalue weighted by atomic mass is 19.1. The number of aryl methyl sites for hydroxylation is 1. The van der Waals surface area contributed by atoms with Crippen molar-refractivity contribution in [2.75, 3.05) is 0 Å². The molecule has 154 valence electrons. The summed E-state index contributed by atoms with van der Waals surface area (Å²) in [6, 6.07) is 12.9. The Balaban J connectivity index is 1.33. The van der Waals surface area contributed by atoms with Crippen LogP contribution in [-0.4, -0.2) is 22.4 Å². The summed E-state index contributed by atoms with van der Waals surface area (Å²) in [5.41, 5.74) is 3.60. The number of hydrogen-bond donors (Lipinski definition) is 2. The Morgan fingerprint density at radius 3 is 2.69 bits per heavy atom. The van der Waals surface area contributed by atoms with E-state index in [4.69, 9.17) is 4.74 Å². The van der Waals surface area contributed by atoms with E-state index >= 15 is 0 Å². The highest BCUT2D eigenvalue weighted by Crippen LogP contribution is 2.60. The van der Waals surface area contributed by atoms with E-state index in [1.165, 1.54) is 23.3 Å². The van der Waals surface area contributed by atoms with E-state index in [1.807, 2.05) is 0 Å². The average Bonchev–Trinajstić information content (AvgIpc) is 2.97. The monoisotopic (exact) mass is 396 g/mol. The Morgan fingerprint density at radius 2 is 1.90 bits per heavy atom. The van der Waals surface area contributed by atoms with Gasteiger partial charge in [0.25, 0.3) is 0 Å². The first-order valence-electron chi connectivity index (χ1n) is 10.8. The number of benzene rings is 2. The first-order valence-corrected chi connectivity index (χ1v) is 10.8. The molecule has 0 aromatic heterocycles. The van der Waals surface area contributed by atoms with Crippen molar-refractivity contribution >= 4 is 0 Å². The van der Waals surface area contributed by atoms with E-state index in [1.54, 1.807) is 12.1 Å². The van der Waals surface area contributed by atoms with Crippen LogP contribution < -0.4 is 4.74 Å². The van der Waals surface area contributed by atoms with Gasteiger partial charge in [0.1, 0.15) is 18.2 Å². The fourth-order valence-corrected chi connectivity index (χ4v) is 6.38. The minimum atomic E-state index is -0.586. The lowest BCUT2D eigenvalue weighted by molar-refractivity contribution is -0.0505. The summed E-state index contributed by atoms with van der Waals surface area (Å²) in [6.07, 6.45) is 3.74. The van der Waals surface area contributed by atoms with Crippen molar-refractivity contribution in [1.29, 1.82) is 0 Å². The van der Waals surface area contributed by atoms with E-state index in [-0.39, 0.29) is 11.2 Å². The molecule has 0 saturated heterocycles. The maximum absolute atomic E-state index is 13.1. The highest BCUT2D eigenvalue weighted by molar-refractivity contribution is 5.41. The van der Waals surface area contributed by atoms with Gasteiger partial charge in [0.2, 0.25) is 0 Å². The van der Waals surface area contributed by atoms with Crippen molar-refractivity contribution in [3.8, 4) is 5.75 Å². The molecule has 2 aromatic rings. The molecule has 3 aliphatic carbocycles. The van der Waals surface area contributed by atoms with Crippen LogP contribution in [0, 0.1) is 23.1 Å². The normalized spacial score (nSPS) is 35.5. The van der Waals surface area contributed by atoms with Gasteiger partial charge in [-0.1, -0.05) is 25.1 Å². The molecule has 5 rings (SSSR count). The van der Waals surface area contributed by atoms with Gasteiger partial charge in [0, 0.05) is 0 Å². The number of rotatable bonds is 3. The Kier molecular flexibility index (Phi) is 4.67. The predicted molar refractivity (Wildman–Crippen MR) is 109 cm³/mol. The summed E-state index contributed by atoms with van der Waals surface area (Å²) in [7, 11) is 0. The molecule has 6 atom stereocenters. The van der Waals surface area contributed by atoms with Crippen LogP contribution in [0.1, 0.15) is 55.2 Å². The number of fused-ring (bicyclic) bond motifs is 5. The van der Waals surface area contributed by atoms with Gasteiger partial charge in [-0.3, -0.25) is 0 Å². The van der Waals surface area contributed by atoms with Crippen molar-refractivity contribution in [1.82, 2.24) is 0 Å². The molecule has 2 saturated carbocycles. The van der Waals surface area contributed by atoms with Crippen molar-refractivity contribution in [2.45, 2.75) is 63.8 Å². The van der Waals surface area contributed by atoms with Crippen LogP contribution in [0.25, 0.3) is 0 Å². The van der Waals surface area contributed by atoms with Crippen LogP contribution in [0.4, 0.5) is 4.39 Å². The largest absolute Gasteiger partial charge is 0.489 e. The Labute approximate surface area is 171 Å². The van der Waals surface area contributed by atoms with Crippen molar-refractivity contribution in [3.05, 3.63) is 65.0 Å². The molecule has 0 bridgehead atoms. The van der Waals surface area contributed by atoms with Crippen molar-refractivity contribution < 1.29 is 19.3 Å². The number of aliphatic hydroxyl groups is 2. The molecule has 29 heavy (non-hydrogen) atoms. The molecule has 2 N–H and O–H groups in total.